The average Bonchev–Trinajstić information content (AvgIpc) is 3.39. The number of aromatic nitrogens is 5. The van der Waals surface area contributed by atoms with Gasteiger partial charge in [0.15, 0.2) is 5.13 Å². The summed E-state index contributed by atoms with van der Waals surface area (Å²) in [6.07, 6.45) is 5.97. The highest BCUT2D eigenvalue weighted by Crippen LogP contribution is 2.35. The number of benzene rings is 1. The van der Waals surface area contributed by atoms with Gasteiger partial charge in [0.1, 0.15) is 0 Å². The number of rotatable bonds is 6. The molecule has 1 aliphatic rings. The molecule has 2 aromatic heterocycles. The fraction of sp³-hybridized carbons (Fsp3) is 0.421. The van der Waals surface area contributed by atoms with Crippen molar-refractivity contribution in [2.24, 2.45) is 0 Å². The second-order valence-electron chi connectivity index (χ2n) is 7.06. The van der Waals surface area contributed by atoms with Gasteiger partial charge in [0.2, 0.25) is 11.1 Å². The topological polar surface area (TPSA) is 76.8 Å². The van der Waals surface area contributed by atoms with Crippen LogP contribution in [0.5, 0.6) is 0 Å². The van der Waals surface area contributed by atoms with E-state index in [9.17, 15) is 4.79 Å². The minimum absolute atomic E-state index is 0.150. The fourth-order valence-electron chi connectivity index (χ4n) is 3.49. The zero-order valence-corrected chi connectivity index (χ0v) is 19.4. The number of hydrogen-bond acceptors (Lipinski definition) is 7. The highest BCUT2D eigenvalue weighted by atomic mass is 35.5. The molecule has 4 rings (SSSR count). The highest BCUT2D eigenvalue weighted by Gasteiger charge is 2.22. The van der Waals surface area contributed by atoms with Gasteiger partial charge in [-0.3, -0.25) is 9.69 Å². The van der Waals surface area contributed by atoms with Crippen LogP contribution in [0, 0.1) is 0 Å². The third-order valence-electron chi connectivity index (χ3n) is 4.94. The van der Waals surface area contributed by atoms with Crippen molar-refractivity contribution in [3.63, 3.8) is 0 Å². The molecule has 0 N–H and O–H groups in total. The van der Waals surface area contributed by atoms with Crippen LogP contribution >= 0.6 is 46.3 Å². The Morgan fingerprint density at radius 2 is 2.07 bits per heavy atom. The van der Waals surface area contributed by atoms with Crippen LogP contribution in [0.2, 0.25) is 10.0 Å². The Hall–Kier alpha value is -1.68. The van der Waals surface area contributed by atoms with Crippen LogP contribution < -0.4 is 4.90 Å². The van der Waals surface area contributed by atoms with E-state index in [1.807, 2.05) is 10.1 Å². The van der Waals surface area contributed by atoms with Crippen LogP contribution in [0.1, 0.15) is 50.8 Å². The first kappa shape index (κ1) is 21.5. The second-order valence-corrected chi connectivity index (χ2v) is 9.65. The number of halogens is 2. The van der Waals surface area contributed by atoms with Crippen LogP contribution in [0.25, 0.3) is 0 Å². The van der Waals surface area contributed by atoms with Crippen LogP contribution in [0.3, 0.4) is 0 Å². The lowest BCUT2D eigenvalue weighted by Gasteiger charge is -2.21. The summed E-state index contributed by atoms with van der Waals surface area (Å²) >= 11 is 15.1. The number of carbonyl (C=O) groups excluding carboxylic acids is 1. The number of carbonyl (C=O) groups is 1. The molecule has 1 aliphatic carbocycles. The maximum absolute atomic E-state index is 12.3. The maximum atomic E-state index is 12.3. The predicted molar refractivity (Wildman–Crippen MR) is 121 cm³/mol. The molecule has 2 heterocycles. The molecule has 158 valence electrons. The van der Waals surface area contributed by atoms with Crippen molar-refractivity contribution in [1.29, 1.82) is 0 Å². The van der Waals surface area contributed by atoms with E-state index in [1.54, 1.807) is 30.0 Å². The lowest BCUT2D eigenvalue weighted by molar-refractivity contribution is -0.115. The second kappa shape index (κ2) is 9.64. The number of tetrazole rings is 1. The Balaban J connectivity index is 1.48. The Morgan fingerprint density at radius 1 is 1.27 bits per heavy atom. The van der Waals surface area contributed by atoms with Crippen molar-refractivity contribution < 1.29 is 4.79 Å². The third-order valence-corrected chi connectivity index (χ3v) is 7.52. The van der Waals surface area contributed by atoms with Crippen LogP contribution in [0.15, 0.2) is 28.7 Å². The molecule has 0 atom stereocenters. The first-order valence-electron chi connectivity index (χ1n) is 9.63. The molecular weight excluding hydrogens is 463 g/mol. The summed E-state index contributed by atoms with van der Waals surface area (Å²) in [7, 11) is 0. The van der Waals surface area contributed by atoms with E-state index in [-0.39, 0.29) is 5.91 Å². The van der Waals surface area contributed by atoms with Crippen molar-refractivity contribution in [3.8, 4) is 0 Å². The Bertz CT molecular complexity index is 1030. The van der Waals surface area contributed by atoms with E-state index in [2.05, 4.69) is 20.5 Å². The number of anilines is 2. The Labute approximate surface area is 192 Å². The molecule has 0 aliphatic heterocycles. The smallest absolute Gasteiger partial charge is 0.230 e. The molecular formula is C19H20Cl2N6OS2. The summed E-state index contributed by atoms with van der Waals surface area (Å²) in [6, 6.07) is 5.47. The van der Waals surface area contributed by atoms with Crippen LogP contribution in [-0.4, -0.2) is 31.1 Å². The molecule has 0 radical (unpaired) electrons. The lowest BCUT2D eigenvalue weighted by atomic mass is 9.96. The normalized spacial score (nSPS) is 14.8. The zero-order chi connectivity index (χ0) is 21.1. The van der Waals surface area contributed by atoms with Gasteiger partial charge in [0.05, 0.1) is 27.5 Å². The van der Waals surface area contributed by atoms with Crippen molar-refractivity contribution in [1.82, 2.24) is 25.2 Å². The van der Waals surface area contributed by atoms with Gasteiger partial charge in [-0.2, -0.15) is 0 Å². The molecule has 0 saturated heterocycles. The summed E-state index contributed by atoms with van der Waals surface area (Å²) in [5.41, 5.74) is 1.50. The van der Waals surface area contributed by atoms with E-state index in [1.165, 1.54) is 42.4 Å². The molecule has 11 heteroatoms. The number of thioether (sulfide) groups is 1. The standard InChI is InChI=1S/C19H20Cl2N6OS2/c1-12(28)26(15-7-8-16(20)17(21)9-15)18-22-13(10-29-18)11-30-19-23-24-25-27(19)14-5-3-2-4-6-14/h7-10,14H,2-6,11H2,1H3. The largest absolute Gasteiger partial charge is 0.274 e. The van der Waals surface area contributed by atoms with Crippen molar-refractivity contribution >= 4 is 63.0 Å². The predicted octanol–water partition coefficient (Wildman–Crippen LogP) is 5.92. The quantitative estimate of drug-likeness (QED) is 0.405. The average molecular weight is 483 g/mol. The molecule has 0 unspecified atom stereocenters. The molecule has 1 amide bonds. The number of nitrogens with zero attached hydrogens (tertiary/aromatic N) is 6. The van der Waals surface area contributed by atoms with Gasteiger partial charge in [-0.05, 0) is 41.5 Å². The van der Waals surface area contributed by atoms with Gasteiger partial charge in [0, 0.05) is 18.1 Å². The summed E-state index contributed by atoms with van der Waals surface area (Å²) < 4.78 is 1.95. The molecule has 0 bridgehead atoms. The molecule has 7 nitrogen and oxygen atoms in total. The van der Waals surface area contributed by atoms with E-state index in [0.717, 1.165) is 23.7 Å². The SMILES string of the molecule is CC(=O)N(c1ccc(Cl)c(Cl)c1)c1nc(CSc2nnnn2C2CCCCC2)cs1. The number of hydrogen-bond donors (Lipinski definition) is 0. The Kier molecular flexibility index (Phi) is 6.92. The number of amides is 1. The van der Waals surface area contributed by atoms with E-state index < -0.39 is 0 Å². The number of thiazole rings is 1. The van der Waals surface area contributed by atoms with Crippen molar-refractivity contribution in [2.45, 2.75) is 56.0 Å². The summed E-state index contributed by atoms with van der Waals surface area (Å²) in [6.45, 7) is 1.50. The monoisotopic (exact) mass is 482 g/mol. The Morgan fingerprint density at radius 3 is 2.80 bits per heavy atom. The van der Waals surface area contributed by atoms with Gasteiger partial charge in [0.25, 0.3) is 0 Å². The summed E-state index contributed by atoms with van der Waals surface area (Å²) in [4.78, 5) is 18.5. The van der Waals surface area contributed by atoms with Crippen LogP contribution in [0.4, 0.5) is 10.8 Å². The van der Waals surface area contributed by atoms with Crippen LogP contribution in [-0.2, 0) is 10.5 Å². The summed E-state index contributed by atoms with van der Waals surface area (Å²) in [5.74, 6) is 0.472. The molecule has 1 fully saturated rings. The minimum Gasteiger partial charge on any atom is -0.274 e. The maximum Gasteiger partial charge on any atom is 0.230 e. The minimum atomic E-state index is -0.150. The molecule has 30 heavy (non-hydrogen) atoms. The molecule has 1 aromatic carbocycles. The first-order valence-corrected chi connectivity index (χ1v) is 12.3. The van der Waals surface area contributed by atoms with Crippen molar-refractivity contribution in [3.05, 3.63) is 39.3 Å². The van der Waals surface area contributed by atoms with Crippen molar-refractivity contribution in [2.75, 3.05) is 4.90 Å². The highest BCUT2D eigenvalue weighted by molar-refractivity contribution is 7.98. The molecule has 0 spiro atoms. The third kappa shape index (κ3) is 4.80. The first-order chi connectivity index (χ1) is 14.5. The van der Waals surface area contributed by atoms with Gasteiger partial charge < -0.3 is 0 Å². The zero-order valence-electron chi connectivity index (χ0n) is 16.3. The van der Waals surface area contributed by atoms with Gasteiger partial charge in [-0.1, -0.05) is 54.2 Å². The van der Waals surface area contributed by atoms with Gasteiger partial charge in [-0.25, -0.2) is 9.67 Å². The summed E-state index contributed by atoms with van der Waals surface area (Å²) in [5, 5.41) is 16.4. The lowest BCUT2D eigenvalue weighted by Crippen LogP contribution is -2.22. The van der Waals surface area contributed by atoms with E-state index in [4.69, 9.17) is 23.2 Å². The van der Waals surface area contributed by atoms with E-state index in [0.29, 0.717) is 32.7 Å². The van der Waals surface area contributed by atoms with Gasteiger partial charge >= 0.3 is 0 Å². The van der Waals surface area contributed by atoms with Gasteiger partial charge in [-0.15, -0.1) is 16.4 Å². The fourth-order valence-corrected chi connectivity index (χ4v) is 5.61. The molecule has 1 saturated carbocycles. The van der Waals surface area contributed by atoms with E-state index >= 15 is 0 Å². The molecule has 3 aromatic rings.